The van der Waals surface area contributed by atoms with Gasteiger partial charge in [-0.2, -0.15) is 9.50 Å². The van der Waals surface area contributed by atoms with Crippen molar-refractivity contribution in [2.45, 2.75) is 0 Å². The first-order chi connectivity index (χ1) is 5.79. The van der Waals surface area contributed by atoms with Crippen molar-refractivity contribution in [3.05, 3.63) is 34.6 Å². The second kappa shape index (κ2) is 2.26. The molecule has 0 bridgehead atoms. The van der Waals surface area contributed by atoms with Crippen molar-refractivity contribution in [2.75, 3.05) is 0 Å². The van der Waals surface area contributed by atoms with Gasteiger partial charge in [0.05, 0.1) is 6.20 Å². The van der Waals surface area contributed by atoms with Gasteiger partial charge in [-0.05, 0) is 4.92 Å². The predicted octanol–water partition coefficient (Wildman–Crippen LogP) is 0.637. The lowest BCUT2D eigenvalue weighted by Crippen LogP contribution is -1.95. The van der Waals surface area contributed by atoms with Crippen LogP contribution in [0.5, 0.6) is 0 Å². The Bertz CT molecular complexity index is 436. The zero-order valence-electron chi connectivity index (χ0n) is 5.91. The second-order valence-electron chi connectivity index (χ2n) is 2.19. The van der Waals surface area contributed by atoms with Crippen LogP contribution in [-0.2, 0) is 0 Å². The van der Waals surface area contributed by atoms with Gasteiger partial charge in [-0.3, -0.25) is 0 Å². The summed E-state index contributed by atoms with van der Waals surface area (Å²) < 4.78 is 1.37. The van der Waals surface area contributed by atoms with Crippen LogP contribution in [0.15, 0.2) is 24.5 Å². The Morgan fingerprint density at radius 2 is 2.33 bits per heavy atom. The Morgan fingerprint density at radius 1 is 1.50 bits per heavy atom. The van der Waals surface area contributed by atoms with Crippen LogP contribution in [0.2, 0.25) is 0 Å². The molecule has 0 saturated heterocycles. The summed E-state index contributed by atoms with van der Waals surface area (Å²) in [4.78, 5) is 9.95. The van der Waals surface area contributed by atoms with Gasteiger partial charge in [-0.1, -0.05) is 0 Å². The van der Waals surface area contributed by atoms with Crippen molar-refractivity contribution in [1.82, 2.24) is 14.6 Å². The van der Waals surface area contributed by atoms with Crippen molar-refractivity contribution < 1.29 is 4.92 Å². The molecule has 6 nitrogen and oxygen atoms in total. The van der Waals surface area contributed by atoms with Crippen LogP contribution >= 0.6 is 0 Å². The summed E-state index contributed by atoms with van der Waals surface area (Å²) in [6, 6.07) is 2.94. The molecular weight excluding hydrogens is 160 g/mol. The molecule has 2 aromatic heterocycles. The Labute approximate surface area is 66.6 Å². The molecule has 0 aliphatic carbocycles. The first kappa shape index (κ1) is 6.71. The summed E-state index contributed by atoms with van der Waals surface area (Å²) in [6.45, 7) is 0. The molecular formula is C6H4N4O2. The fraction of sp³-hybridized carbons (Fsp3) is 0. The van der Waals surface area contributed by atoms with Gasteiger partial charge in [0.2, 0.25) is 5.65 Å². The van der Waals surface area contributed by atoms with Gasteiger partial charge in [0, 0.05) is 12.1 Å². The molecule has 0 unspecified atom stereocenters. The highest BCUT2D eigenvalue weighted by molar-refractivity contribution is 5.45. The SMILES string of the molecule is O=[N+]([O-])c1ccc2nnccn12. The van der Waals surface area contributed by atoms with Gasteiger partial charge in [0.25, 0.3) is 0 Å². The average molecular weight is 164 g/mol. The third kappa shape index (κ3) is 0.815. The molecule has 0 N–H and O–H groups in total. The third-order valence-corrected chi connectivity index (χ3v) is 1.50. The normalized spacial score (nSPS) is 10.3. The zero-order valence-corrected chi connectivity index (χ0v) is 5.91. The molecule has 0 amide bonds. The van der Waals surface area contributed by atoms with Gasteiger partial charge in [-0.15, -0.1) is 5.10 Å². The fourth-order valence-corrected chi connectivity index (χ4v) is 0.999. The fourth-order valence-electron chi connectivity index (χ4n) is 0.999. The molecule has 0 saturated carbocycles. The molecule has 0 atom stereocenters. The molecule has 6 heteroatoms. The van der Waals surface area contributed by atoms with E-state index in [1.807, 2.05) is 0 Å². The average Bonchev–Trinajstić information content (AvgIpc) is 2.47. The Balaban J connectivity index is 2.79. The lowest BCUT2D eigenvalue weighted by atomic mass is 10.6. The summed E-state index contributed by atoms with van der Waals surface area (Å²) in [7, 11) is 0. The monoisotopic (exact) mass is 164 g/mol. The van der Waals surface area contributed by atoms with E-state index < -0.39 is 4.92 Å². The zero-order chi connectivity index (χ0) is 8.55. The highest BCUT2D eigenvalue weighted by Crippen LogP contribution is 2.13. The Hall–Kier alpha value is -1.98. The highest BCUT2D eigenvalue weighted by atomic mass is 16.6. The van der Waals surface area contributed by atoms with Crippen LogP contribution in [0.25, 0.3) is 5.65 Å². The molecule has 2 aromatic rings. The topological polar surface area (TPSA) is 73.3 Å². The van der Waals surface area contributed by atoms with E-state index in [1.54, 1.807) is 6.07 Å². The quantitative estimate of drug-likeness (QED) is 0.457. The van der Waals surface area contributed by atoms with Crippen LogP contribution in [-0.4, -0.2) is 19.5 Å². The molecule has 0 aliphatic rings. The number of fused-ring (bicyclic) bond motifs is 1. The molecule has 0 spiro atoms. The maximum Gasteiger partial charge on any atom is 0.329 e. The first-order valence-electron chi connectivity index (χ1n) is 3.22. The van der Waals surface area contributed by atoms with Crippen LogP contribution in [0.1, 0.15) is 0 Å². The molecule has 2 heterocycles. The Kier molecular flexibility index (Phi) is 1.26. The van der Waals surface area contributed by atoms with Gasteiger partial charge in [-0.25, -0.2) is 0 Å². The third-order valence-electron chi connectivity index (χ3n) is 1.50. The maximum absolute atomic E-state index is 10.4. The number of hydrogen-bond donors (Lipinski definition) is 0. The van der Waals surface area contributed by atoms with E-state index >= 15 is 0 Å². The predicted molar refractivity (Wildman–Crippen MR) is 39.6 cm³/mol. The molecule has 2 rings (SSSR count). The van der Waals surface area contributed by atoms with E-state index in [2.05, 4.69) is 10.2 Å². The number of hydrogen-bond acceptors (Lipinski definition) is 4. The van der Waals surface area contributed by atoms with Crippen molar-refractivity contribution >= 4 is 11.5 Å². The van der Waals surface area contributed by atoms with E-state index in [0.29, 0.717) is 5.65 Å². The minimum Gasteiger partial charge on any atom is -0.358 e. The van der Waals surface area contributed by atoms with Crippen molar-refractivity contribution in [3.63, 3.8) is 0 Å². The lowest BCUT2D eigenvalue weighted by molar-refractivity contribution is -0.390. The molecule has 12 heavy (non-hydrogen) atoms. The second-order valence-corrected chi connectivity index (χ2v) is 2.19. The van der Waals surface area contributed by atoms with E-state index in [1.165, 1.54) is 22.9 Å². The maximum atomic E-state index is 10.4. The highest BCUT2D eigenvalue weighted by Gasteiger charge is 2.11. The number of rotatable bonds is 1. The number of nitrogens with zero attached hydrogens (tertiary/aromatic N) is 4. The van der Waals surface area contributed by atoms with Gasteiger partial charge in [0.1, 0.15) is 6.20 Å². The molecule has 60 valence electrons. The van der Waals surface area contributed by atoms with Crippen LogP contribution in [0, 0.1) is 10.1 Å². The standard InChI is InChI=1S/C6H4N4O2/c11-10(12)6-2-1-5-8-7-3-4-9(5)6/h1-4H. The summed E-state index contributed by atoms with van der Waals surface area (Å²) in [6.07, 6.45) is 2.90. The summed E-state index contributed by atoms with van der Waals surface area (Å²) in [5.74, 6) is -0.0000926. The minimum atomic E-state index is -0.464. The minimum absolute atomic E-state index is 0.0000926. The van der Waals surface area contributed by atoms with Crippen molar-refractivity contribution in [3.8, 4) is 0 Å². The van der Waals surface area contributed by atoms with E-state index in [9.17, 15) is 10.1 Å². The van der Waals surface area contributed by atoms with E-state index in [4.69, 9.17) is 0 Å². The first-order valence-corrected chi connectivity index (χ1v) is 3.22. The van der Waals surface area contributed by atoms with E-state index in [0.717, 1.165) is 0 Å². The van der Waals surface area contributed by atoms with Crippen molar-refractivity contribution in [2.24, 2.45) is 0 Å². The molecule has 0 aliphatic heterocycles. The summed E-state index contributed by atoms with van der Waals surface area (Å²) in [5, 5.41) is 17.7. The smallest absolute Gasteiger partial charge is 0.329 e. The number of nitro groups is 1. The lowest BCUT2D eigenvalue weighted by Gasteiger charge is -1.91. The molecule has 0 aromatic carbocycles. The van der Waals surface area contributed by atoms with Gasteiger partial charge < -0.3 is 10.1 Å². The van der Waals surface area contributed by atoms with Crippen molar-refractivity contribution in [1.29, 1.82) is 0 Å². The molecule has 0 fully saturated rings. The van der Waals surface area contributed by atoms with E-state index in [-0.39, 0.29) is 5.82 Å². The van der Waals surface area contributed by atoms with Gasteiger partial charge >= 0.3 is 5.82 Å². The van der Waals surface area contributed by atoms with Crippen LogP contribution in [0.4, 0.5) is 5.82 Å². The number of aromatic nitrogens is 3. The van der Waals surface area contributed by atoms with Crippen LogP contribution in [0.3, 0.4) is 0 Å². The largest absolute Gasteiger partial charge is 0.358 e. The van der Waals surface area contributed by atoms with Gasteiger partial charge in [0.15, 0.2) is 0 Å². The molecule has 0 radical (unpaired) electrons. The summed E-state index contributed by atoms with van der Waals surface area (Å²) >= 11 is 0. The van der Waals surface area contributed by atoms with Crippen LogP contribution < -0.4 is 0 Å². The summed E-state index contributed by atoms with van der Waals surface area (Å²) in [5.41, 5.74) is 0.476. The Morgan fingerprint density at radius 3 is 3.08 bits per heavy atom.